The van der Waals surface area contributed by atoms with Gasteiger partial charge in [-0.2, -0.15) is 0 Å². The highest BCUT2D eigenvalue weighted by Gasteiger charge is 2.17. The highest BCUT2D eigenvalue weighted by atomic mass is 16.5. The smallest absolute Gasteiger partial charge is 0.123 e. The summed E-state index contributed by atoms with van der Waals surface area (Å²) < 4.78 is 10.5. The Kier molecular flexibility index (Phi) is 4.97. The molecule has 96 valence electrons. The molecule has 3 heteroatoms. The molecular formula is C14H23NO2. The van der Waals surface area contributed by atoms with Crippen LogP contribution in [0.15, 0.2) is 18.2 Å². The second kappa shape index (κ2) is 6.03. The van der Waals surface area contributed by atoms with Crippen molar-refractivity contribution in [1.29, 1.82) is 0 Å². The fraction of sp³-hybridized carbons (Fsp3) is 0.571. The van der Waals surface area contributed by atoms with Gasteiger partial charge >= 0.3 is 0 Å². The zero-order valence-corrected chi connectivity index (χ0v) is 11.5. The maximum Gasteiger partial charge on any atom is 0.123 e. The molecule has 0 fully saturated rings. The van der Waals surface area contributed by atoms with Crippen LogP contribution in [0.1, 0.15) is 25.0 Å². The lowest BCUT2D eigenvalue weighted by Gasteiger charge is -2.26. The first-order valence-corrected chi connectivity index (χ1v) is 5.86. The Labute approximate surface area is 104 Å². The number of ether oxygens (including phenoxy) is 2. The molecule has 0 radical (unpaired) electrons. The monoisotopic (exact) mass is 237 g/mol. The van der Waals surface area contributed by atoms with E-state index in [1.54, 1.807) is 14.2 Å². The van der Waals surface area contributed by atoms with Crippen LogP contribution in [0.4, 0.5) is 0 Å². The molecule has 1 rings (SSSR count). The van der Waals surface area contributed by atoms with E-state index in [9.17, 15) is 0 Å². The van der Waals surface area contributed by atoms with Gasteiger partial charge < -0.3 is 14.8 Å². The number of benzene rings is 1. The summed E-state index contributed by atoms with van der Waals surface area (Å²) in [4.78, 5) is 0. The Bertz CT molecular complexity index is 361. The van der Waals surface area contributed by atoms with Gasteiger partial charge in [0.05, 0.1) is 13.7 Å². The van der Waals surface area contributed by atoms with Crippen molar-refractivity contribution in [3.05, 3.63) is 29.3 Å². The first-order chi connectivity index (χ1) is 7.98. The van der Waals surface area contributed by atoms with Gasteiger partial charge in [-0.25, -0.2) is 0 Å². The summed E-state index contributed by atoms with van der Waals surface area (Å²) in [6.07, 6.45) is 0. The minimum atomic E-state index is -0.0382. The number of aryl methyl sites for hydroxylation is 1. The topological polar surface area (TPSA) is 30.5 Å². The minimum Gasteiger partial charge on any atom is -0.496 e. The number of nitrogens with one attached hydrogen (secondary N) is 1. The van der Waals surface area contributed by atoms with Crippen LogP contribution >= 0.6 is 0 Å². The predicted octanol–water partition coefficient (Wildman–Crippen LogP) is 2.52. The first kappa shape index (κ1) is 14.0. The fourth-order valence-corrected chi connectivity index (χ4v) is 1.79. The Morgan fingerprint density at radius 2 is 1.94 bits per heavy atom. The largest absolute Gasteiger partial charge is 0.496 e. The van der Waals surface area contributed by atoms with Gasteiger partial charge in [-0.3, -0.25) is 0 Å². The third-order valence-corrected chi connectivity index (χ3v) is 2.70. The fourth-order valence-electron chi connectivity index (χ4n) is 1.79. The summed E-state index contributed by atoms with van der Waals surface area (Å²) in [6, 6.07) is 6.22. The highest BCUT2D eigenvalue weighted by molar-refractivity contribution is 5.36. The quantitative estimate of drug-likeness (QED) is 0.824. The average molecular weight is 237 g/mol. The highest BCUT2D eigenvalue weighted by Crippen LogP contribution is 2.20. The average Bonchev–Trinajstić information content (AvgIpc) is 2.27. The summed E-state index contributed by atoms with van der Waals surface area (Å²) >= 11 is 0. The van der Waals surface area contributed by atoms with E-state index in [1.807, 2.05) is 6.07 Å². The molecule has 0 unspecified atom stereocenters. The molecule has 0 aliphatic heterocycles. The van der Waals surface area contributed by atoms with E-state index in [2.05, 4.69) is 38.2 Å². The van der Waals surface area contributed by atoms with Crippen LogP contribution in [0.3, 0.4) is 0 Å². The van der Waals surface area contributed by atoms with E-state index in [-0.39, 0.29) is 5.54 Å². The van der Waals surface area contributed by atoms with Crippen LogP contribution < -0.4 is 10.1 Å². The molecule has 0 atom stereocenters. The van der Waals surface area contributed by atoms with Crippen molar-refractivity contribution in [3.63, 3.8) is 0 Å². The number of methoxy groups -OCH3 is 2. The van der Waals surface area contributed by atoms with E-state index in [4.69, 9.17) is 9.47 Å². The summed E-state index contributed by atoms with van der Waals surface area (Å²) in [6.45, 7) is 7.79. The third-order valence-electron chi connectivity index (χ3n) is 2.70. The molecule has 1 aromatic rings. The van der Waals surface area contributed by atoms with E-state index in [0.717, 1.165) is 12.3 Å². The zero-order chi connectivity index (χ0) is 12.9. The lowest BCUT2D eigenvalue weighted by atomic mass is 10.1. The summed E-state index contributed by atoms with van der Waals surface area (Å²) in [5.41, 5.74) is 2.38. The molecular weight excluding hydrogens is 214 g/mol. The van der Waals surface area contributed by atoms with Gasteiger partial charge in [0.25, 0.3) is 0 Å². The van der Waals surface area contributed by atoms with Crippen molar-refractivity contribution in [2.75, 3.05) is 20.8 Å². The van der Waals surface area contributed by atoms with Crippen LogP contribution in [0, 0.1) is 6.92 Å². The molecule has 0 aliphatic carbocycles. The molecule has 0 aromatic heterocycles. The molecule has 0 bridgehead atoms. The molecule has 0 aliphatic rings. The van der Waals surface area contributed by atoms with Crippen LogP contribution in [0.2, 0.25) is 0 Å². The number of hydrogen-bond acceptors (Lipinski definition) is 3. The Morgan fingerprint density at radius 1 is 1.24 bits per heavy atom. The van der Waals surface area contributed by atoms with E-state index >= 15 is 0 Å². The molecule has 0 saturated carbocycles. The van der Waals surface area contributed by atoms with Crippen LogP contribution in [-0.4, -0.2) is 26.4 Å². The molecule has 1 aromatic carbocycles. The minimum absolute atomic E-state index is 0.0382. The van der Waals surface area contributed by atoms with Crippen LogP contribution in [0.25, 0.3) is 0 Å². The van der Waals surface area contributed by atoms with Gasteiger partial charge in [-0.1, -0.05) is 17.7 Å². The predicted molar refractivity (Wildman–Crippen MR) is 70.5 cm³/mol. The second-order valence-corrected chi connectivity index (χ2v) is 4.99. The molecule has 3 nitrogen and oxygen atoms in total. The van der Waals surface area contributed by atoms with E-state index in [0.29, 0.717) is 6.61 Å². The van der Waals surface area contributed by atoms with Crippen molar-refractivity contribution in [2.24, 2.45) is 0 Å². The standard InChI is InChI=1S/C14H23NO2/c1-11-6-7-13(17-5)12(8-11)9-15-14(2,3)10-16-4/h6-8,15H,9-10H2,1-5H3. The molecule has 0 amide bonds. The second-order valence-electron chi connectivity index (χ2n) is 4.99. The van der Waals surface area contributed by atoms with Crippen molar-refractivity contribution < 1.29 is 9.47 Å². The number of rotatable bonds is 6. The van der Waals surface area contributed by atoms with Crippen LogP contribution in [0.5, 0.6) is 5.75 Å². The van der Waals surface area contributed by atoms with E-state index in [1.165, 1.54) is 11.1 Å². The Morgan fingerprint density at radius 3 is 2.53 bits per heavy atom. The first-order valence-electron chi connectivity index (χ1n) is 5.86. The SMILES string of the molecule is COCC(C)(C)NCc1cc(C)ccc1OC. The van der Waals surface area contributed by atoms with Gasteiger partial charge in [0.1, 0.15) is 5.75 Å². The van der Waals surface area contributed by atoms with Crippen molar-refractivity contribution in [2.45, 2.75) is 32.9 Å². The Hall–Kier alpha value is -1.06. The molecule has 0 heterocycles. The summed E-state index contributed by atoms with van der Waals surface area (Å²) in [5.74, 6) is 0.927. The molecule has 17 heavy (non-hydrogen) atoms. The maximum absolute atomic E-state index is 5.35. The molecule has 1 N–H and O–H groups in total. The van der Waals surface area contributed by atoms with E-state index < -0.39 is 0 Å². The lowest BCUT2D eigenvalue weighted by molar-refractivity contribution is 0.127. The van der Waals surface area contributed by atoms with Crippen molar-refractivity contribution in [1.82, 2.24) is 5.32 Å². The maximum atomic E-state index is 5.35. The molecule has 0 spiro atoms. The van der Waals surface area contributed by atoms with Crippen molar-refractivity contribution >= 4 is 0 Å². The lowest BCUT2D eigenvalue weighted by Crippen LogP contribution is -2.42. The van der Waals surface area contributed by atoms with Gasteiger partial charge in [-0.05, 0) is 26.8 Å². The normalized spacial score (nSPS) is 11.6. The van der Waals surface area contributed by atoms with Crippen molar-refractivity contribution in [3.8, 4) is 5.75 Å². The van der Waals surface area contributed by atoms with Gasteiger partial charge in [-0.15, -0.1) is 0 Å². The Balaban J connectivity index is 2.71. The number of hydrogen-bond donors (Lipinski definition) is 1. The summed E-state index contributed by atoms with van der Waals surface area (Å²) in [5, 5.41) is 3.47. The zero-order valence-electron chi connectivity index (χ0n) is 11.5. The molecule has 0 saturated heterocycles. The van der Waals surface area contributed by atoms with Gasteiger partial charge in [0.15, 0.2) is 0 Å². The van der Waals surface area contributed by atoms with Crippen LogP contribution in [-0.2, 0) is 11.3 Å². The van der Waals surface area contributed by atoms with Gasteiger partial charge in [0, 0.05) is 24.8 Å². The summed E-state index contributed by atoms with van der Waals surface area (Å²) in [7, 11) is 3.42. The third kappa shape index (κ3) is 4.36. The van der Waals surface area contributed by atoms with Gasteiger partial charge in [0.2, 0.25) is 0 Å².